The molecule has 3 fully saturated rings. The van der Waals surface area contributed by atoms with Crippen LogP contribution in [-0.2, 0) is 19.1 Å². The molecule has 3 rings (SSSR count). The highest BCUT2D eigenvalue weighted by atomic mass is 16.5. The van der Waals surface area contributed by atoms with Gasteiger partial charge in [-0.1, -0.05) is 26.5 Å². The van der Waals surface area contributed by atoms with Crippen LogP contribution in [0.4, 0.5) is 0 Å². The average molecular weight is 332 g/mol. The summed E-state index contributed by atoms with van der Waals surface area (Å²) < 4.78 is 11.0. The number of ether oxygens (including phenoxy) is 2. The van der Waals surface area contributed by atoms with Crippen molar-refractivity contribution in [1.29, 1.82) is 0 Å². The molecule has 4 nitrogen and oxygen atoms in total. The van der Waals surface area contributed by atoms with Gasteiger partial charge in [-0.25, -0.2) is 4.79 Å². The summed E-state index contributed by atoms with van der Waals surface area (Å²) in [7, 11) is 0. The van der Waals surface area contributed by atoms with Gasteiger partial charge >= 0.3 is 11.9 Å². The summed E-state index contributed by atoms with van der Waals surface area (Å²) in [5, 5.41) is 0. The van der Waals surface area contributed by atoms with E-state index in [9.17, 15) is 9.59 Å². The van der Waals surface area contributed by atoms with Crippen LogP contribution in [0.5, 0.6) is 0 Å². The van der Waals surface area contributed by atoms with Crippen LogP contribution in [0.2, 0.25) is 0 Å². The SMILES string of the molecule is C=C1COC(=O)[C@@]12C[C@H]1C[C@@H](OC(=O)/C(C)=C/C)C[C@H](C)[C@@]1(C)C2. The van der Waals surface area contributed by atoms with Gasteiger partial charge < -0.3 is 9.47 Å². The second-order valence-corrected chi connectivity index (χ2v) is 8.22. The predicted octanol–water partition coefficient (Wildman–Crippen LogP) is 3.81. The van der Waals surface area contributed by atoms with Gasteiger partial charge in [0.2, 0.25) is 0 Å². The topological polar surface area (TPSA) is 52.6 Å². The minimum absolute atomic E-state index is 0.0682. The lowest BCUT2D eigenvalue weighted by Crippen LogP contribution is -2.41. The third-order valence-electron chi connectivity index (χ3n) is 6.97. The van der Waals surface area contributed by atoms with Gasteiger partial charge in [-0.3, -0.25) is 4.79 Å². The zero-order valence-corrected chi connectivity index (χ0v) is 15.2. The van der Waals surface area contributed by atoms with Gasteiger partial charge in [0, 0.05) is 5.57 Å². The molecular weight excluding hydrogens is 304 g/mol. The first kappa shape index (κ1) is 17.2. The molecule has 0 aromatic rings. The van der Waals surface area contributed by atoms with Crippen LogP contribution in [0.3, 0.4) is 0 Å². The van der Waals surface area contributed by atoms with Crippen molar-refractivity contribution in [2.45, 2.75) is 59.5 Å². The van der Waals surface area contributed by atoms with Crippen LogP contribution in [0.15, 0.2) is 23.8 Å². The highest BCUT2D eigenvalue weighted by Crippen LogP contribution is 2.65. The number of allylic oxidation sites excluding steroid dienone is 1. The molecule has 0 unspecified atom stereocenters. The summed E-state index contributed by atoms with van der Waals surface area (Å²) >= 11 is 0. The maximum absolute atomic E-state index is 12.4. The Morgan fingerprint density at radius 1 is 1.42 bits per heavy atom. The van der Waals surface area contributed by atoms with Crippen molar-refractivity contribution in [3.8, 4) is 0 Å². The molecule has 0 aromatic heterocycles. The number of rotatable bonds is 2. The van der Waals surface area contributed by atoms with Gasteiger partial charge in [-0.05, 0) is 62.4 Å². The molecule has 24 heavy (non-hydrogen) atoms. The molecule has 0 radical (unpaired) electrons. The number of fused-ring (bicyclic) bond motifs is 1. The maximum atomic E-state index is 12.4. The largest absolute Gasteiger partial charge is 0.460 e. The Hall–Kier alpha value is -1.58. The van der Waals surface area contributed by atoms with E-state index >= 15 is 0 Å². The Morgan fingerprint density at radius 2 is 2.12 bits per heavy atom. The van der Waals surface area contributed by atoms with E-state index < -0.39 is 5.41 Å². The predicted molar refractivity (Wildman–Crippen MR) is 91.1 cm³/mol. The van der Waals surface area contributed by atoms with Crippen molar-refractivity contribution < 1.29 is 19.1 Å². The Balaban J connectivity index is 1.79. The Bertz CT molecular complexity index is 601. The summed E-state index contributed by atoms with van der Waals surface area (Å²) in [5.41, 5.74) is 1.14. The van der Waals surface area contributed by atoms with Crippen molar-refractivity contribution in [2.24, 2.45) is 22.7 Å². The van der Waals surface area contributed by atoms with E-state index in [0.717, 1.165) is 31.3 Å². The van der Waals surface area contributed by atoms with Gasteiger partial charge in [0.15, 0.2) is 0 Å². The molecule has 132 valence electrons. The maximum Gasteiger partial charge on any atom is 0.333 e. The fourth-order valence-electron chi connectivity index (χ4n) is 4.98. The Labute approximate surface area is 144 Å². The first-order valence-corrected chi connectivity index (χ1v) is 8.92. The van der Waals surface area contributed by atoms with E-state index in [2.05, 4.69) is 20.4 Å². The van der Waals surface area contributed by atoms with E-state index in [0.29, 0.717) is 24.0 Å². The lowest BCUT2D eigenvalue weighted by Gasteiger charge is -2.45. The minimum atomic E-state index is -0.508. The molecule has 1 saturated heterocycles. The number of esters is 2. The number of cyclic esters (lactones) is 1. The molecule has 0 N–H and O–H groups in total. The molecule has 2 saturated carbocycles. The van der Waals surface area contributed by atoms with Crippen molar-refractivity contribution in [2.75, 3.05) is 6.61 Å². The summed E-state index contributed by atoms with van der Waals surface area (Å²) in [5.74, 6) is 0.414. The number of hydrogen-bond acceptors (Lipinski definition) is 4. The Morgan fingerprint density at radius 3 is 2.71 bits per heavy atom. The van der Waals surface area contributed by atoms with Gasteiger partial charge in [-0.2, -0.15) is 0 Å². The molecule has 0 aromatic carbocycles. The lowest BCUT2D eigenvalue weighted by atomic mass is 9.62. The highest BCUT2D eigenvalue weighted by molar-refractivity contribution is 5.87. The van der Waals surface area contributed by atoms with Crippen molar-refractivity contribution in [3.05, 3.63) is 23.8 Å². The van der Waals surface area contributed by atoms with Crippen LogP contribution in [0.25, 0.3) is 0 Å². The third-order valence-corrected chi connectivity index (χ3v) is 6.97. The summed E-state index contributed by atoms with van der Waals surface area (Å²) in [4.78, 5) is 24.5. The molecule has 1 heterocycles. The Kier molecular flexibility index (Phi) is 4.13. The summed E-state index contributed by atoms with van der Waals surface area (Å²) in [6, 6.07) is 0. The minimum Gasteiger partial charge on any atom is -0.460 e. The van der Waals surface area contributed by atoms with E-state index in [-0.39, 0.29) is 23.5 Å². The van der Waals surface area contributed by atoms with Crippen LogP contribution in [0.1, 0.15) is 53.4 Å². The van der Waals surface area contributed by atoms with Gasteiger partial charge in [0.25, 0.3) is 0 Å². The molecule has 1 spiro atoms. The van der Waals surface area contributed by atoms with Gasteiger partial charge in [-0.15, -0.1) is 0 Å². The van der Waals surface area contributed by atoms with E-state index in [4.69, 9.17) is 9.47 Å². The monoisotopic (exact) mass is 332 g/mol. The molecule has 5 atom stereocenters. The van der Waals surface area contributed by atoms with E-state index in [1.807, 2.05) is 6.92 Å². The highest BCUT2D eigenvalue weighted by Gasteiger charge is 2.63. The average Bonchev–Trinajstić information content (AvgIpc) is 2.99. The molecule has 2 aliphatic carbocycles. The molecule has 1 aliphatic heterocycles. The van der Waals surface area contributed by atoms with Gasteiger partial charge in [0.1, 0.15) is 12.7 Å². The van der Waals surface area contributed by atoms with Crippen molar-refractivity contribution in [1.82, 2.24) is 0 Å². The van der Waals surface area contributed by atoms with Crippen LogP contribution >= 0.6 is 0 Å². The first-order chi connectivity index (χ1) is 11.2. The first-order valence-electron chi connectivity index (χ1n) is 8.92. The second-order valence-electron chi connectivity index (χ2n) is 8.22. The quantitative estimate of drug-likeness (QED) is 0.438. The zero-order valence-electron chi connectivity index (χ0n) is 15.2. The summed E-state index contributed by atoms with van der Waals surface area (Å²) in [6.07, 6.45) is 4.99. The lowest BCUT2D eigenvalue weighted by molar-refractivity contribution is -0.150. The fourth-order valence-corrected chi connectivity index (χ4v) is 4.98. The van der Waals surface area contributed by atoms with Crippen LogP contribution in [-0.4, -0.2) is 24.6 Å². The number of hydrogen-bond donors (Lipinski definition) is 0. The molecule has 4 heteroatoms. The van der Waals surface area contributed by atoms with E-state index in [1.165, 1.54) is 0 Å². The van der Waals surface area contributed by atoms with Crippen LogP contribution in [0, 0.1) is 22.7 Å². The zero-order chi connectivity index (χ0) is 17.7. The third kappa shape index (κ3) is 2.42. The molecule has 0 bridgehead atoms. The number of carbonyl (C=O) groups is 2. The molecule has 3 aliphatic rings. The standard InChI is InChI=1S/C20H28O4/c1-6-12(2)17(21)24-16-7-13(3)19(5)11-20(9-15(19)8-16)14(4)10-23-18(20)22/h6,13,15-16H,4,7-11H2,1-3,5H3/b12-6+/t13-,15+,16-,19+,20+/m0/s1. The fraction of sp³-hybridized carbons (Fsp3) is 0.700. The molecular formula is C20H28O4. The molecule has 0 amide bonds. The van der Waals surface area contributed by atoms with Crippen LogP contribution < -0.4 is 0 Å². The van der Waals surface area contributed by atoms with Gasteiger partial charge in [0.05, 0.1) is 5.41 Å². The summed E-state index contributed by atoms with van der Waals surface area (Å²) in [6.45, 7) is 12.6. The number of carbonyl (C=O) groups excluding carboxylic acids is 2. The van der Waals surface area contributed by atoms with Crippen molar-refractivity contribution >= 4 is 11.9 Å². The van der Waals surface area contributed by atoms with E-state index in [1.54, 1.807) is 13.0 Å². The van der Waals surface area contributed by atoms with Crippen molar-refractivity contribution in [3.63, 3.8) is 0 Å². The second kappa shape index (κ2) is 5.75. The normalized spacial score (nSPS) is 42.2. The smallest absolute Gasteiger partial charge is 0.333 e.